The number of nitrogens with zero attached hydrogens (tertiary/aromatic N) is 8. The Morgan fingerprint density at radius 2 is 0.920 bits per heavy atom. The summed E-state index contributed by atoms with van der Waals surface area (Å²) in [5.74, 6) is 1.21. The Labute approximate surface area is 292 Å². The molecule has 0 unspecified atom stereocenters. The molecule has 0 bridgehead atoms. The van der Waals surface area contributed by atoms with Gasteiger partial charge in [0.1, 0.15) is 11.4 Å². The van der Waals surface area contributed by atoms with Crippen molar-refractivity contribution >= 4 is 46.2 Å². The molecule has 2 aromatic heterocycles. The van der Waals surface area contributed by atoms with Gasteiger partial charge in [0.15, 0.2) is 0 Å². The van der Waals surface area contributed by atoms with Crippen molar-refractivity contribution in [3.05, 3.63) is 133 Å². The summed E-state index contributed by atoms with van der Waals surface area (Å²) in [6, 6.07) is 32.7. The van der Waals surface area contributed by atoms with Gasteiger partial charge >= 0.3 is 11.6 Å². The first-order valence-corrected chi connectivity index (χ1v) is 16.4. The number of nitrogens with two attached hydrogens (primary N) is 2. The zero-order valence-electron chi connectivity index (χ0n) is 28.3. The zero-order valence-corrected chi connectivity index (χ0v) is 28.3. The molecule has 50 heavy (non-hydrogen) atoms. The second-order valence-corrected chi connectivity index (χ2v) is 11.8. The average molecular weight is 671 g/mol. The Morgan fingerprint density at radius 1 is 0.540 bits per heavy atom. The van der Waals surface area contributed by atoms with Crippen LogP contribution in [0.5, 0.6) is 0 Å². The quantitative estimate of drug-likeness (QED) is 0.0779. The molecule has 5 aromatic rings. The van der Waals surface area contributed by atoms with Crippen molar-refractivity contribution < 1.29 is 18.7 Å². The van der Waals surface area contributed by atoms with E-state index in [1.54, 1.807) is 72.4 Å². The number of anilines is 2. The van der Waals surface area contributed by atoms with Crippen LogP contribution >= 0.6 is 0 Å². The highest BCUT2D eigenvalue weighted by Crippen LogP contribution is 2.19. The highest BCUT2D eigenvalue weighted by molar-refractivity contribution is 5.97. The van der Waals surface area contributed by atoms with E-state index in [4.69, 9.17) is 11.5 Å². The Balaban J connectivity index is 1.08. The highest BCUT2D eigenvalue weighted by Gasteiger charge is 2.17. The van der Waals surface area contributed by atoms with Crippen molar-refractivity contribution in [3.63, 3.8) is 0 Å². The van der Waals surface area contributed by atoms with Crippen molar-refractivity contribution in [2.24, 2.45) is 20.5 Å². The maximum absolute atomic E-state index is 13.2. The third kappa shape index (κ3) is 9.86. The van der Waals surface area contributed by atoms with E-state index in [1.807, 2.05) is 82.2 Å². The summed E-state index contributed by atoms with van der Waals surface area (Å²) in [5, 5.41) is 17.4. The minimum absolute atomic E-state index is 0.108. The van der Waals surface area contributed by atoms with Crippen LogP contribution in [-0.2, 0) is 13.1 Å². The predicted molar refractivity (Wildman–Crippen MR) is 193 cm³/mol. The Hall–Kier alpha value is -6.30. The second-order valence-electron chi connectivity index (χ2n) is 11.8. The van der Waals surface area contributed by atoms with Gasteiger partial charge in [0.2, 0.25) is 0 Å². The molecule has 0 saturated carbocycles. The van der Waals surface area contributed by atoms with Gasteiger partial charge in [-0.05, 0) is 95.2 Å². The first kappa shape index (κ1) is 35.0. The van der Waals surface area contributed by atoms with Crippen molar-refractivity contribution in [3.8, 4) is 0 Å². The van der Waals surface area contributed by atoms with Crippen LogP contribution in [0, 0.1) is 0 Å². The predicted octanol–water partition coefficient (Wildman–Crippen LogP) is 6.58. The summed E-state index contributed by atoms with van der Waals surface area (Å²) < 4.78 is 4.00. The zero-order chi connectivity index (χ0) is 35.3. The molecule has 0 saturated heterocycles. The smallest absolute Gasteiger partial charge is 0.350 e. The molecule has 0 atom stereocenters. The summed E-state index contributed by atoms with van der Waals surface area (Å²) in [5.41, 5.74) is 15.3. The Morgan fingerprint density at radius 3 is 1.30 bits per heavy atom. The maximum Gasteiger partial charge on any atom is 0.350 e. The van der Waals surface area contributed by atoms with Crippen LogP contribution in [0.3, 0.4) is 0 Å². The van der Waals surface area contributed by atoms with Crippen LogP contribution in [0.2, 0.25) is 0 Å². The first-order chi connectivity index (χ1) is 24.3. The third-order valence-electron chi connectivity index (χ3n) is 8.01. The number of carbonyl (C=O) groups excluding carboxylic acids is 2. The van der Waals surface area contributed by atoms with Crippen LogP contribution in [-0.4, -0.2) is 48.8 Å². The van der Waals surface area contributed by atoms with Gasteiger partial charge < -0.3 is 21.3 Å². The molecule has 3 aromatic carbocycles. The van der Waals surface area contributed by atoms with Crippen LogP contribution in [0.1, 0.15) is 33.6 Å². The van der Waals surface area contributed by atoms with Gasteiger partial charge in [-0.25, -0.2) is 9.13 Å². The molecule has 4 N–H and O–H groups in total. The monoisotopic (exact) mass is 670 g/mol. The maximum atomic E-state index is 13.2. The summed E-state index contributed by atoms with van der Waals surface area (Å²) >= 11 is 0. The van der Waals surface area contributed by atoms with Crippen molar-refractivity contribution in [1.29, 1.82) is 0 Å². The van der Waals surface area contributed by atoms with E-state index >= 15 is 0 Å². The molecule has 0 fully saturated rings. The number of nitrogen functional groups attached to an aromatic ring is 2. The molecule has 2 heterocycles. The fourth-order valence-corrected chi connectivity index (χ4v) is 5.15. The molecule has 0 aliphatic heterocycles. The van der Waals surface area contributed by atoms with Gasteiger partial charge in [0.25, 0.3) is 11.8 Å². The summed E-state index contributed by atoms with van der Waals surface area (Å²) in [7, 11) is 3.56. The van der Waals surface area contributed by atoms with Crippen molar-refractivity contribution in [2.75, 3.05) is 38.7 Å². The number of pyridine rings is 2. The molecule has 254 valence electrons. The van der Waals surface area contributed by atoms with E-state index < -0.39 is 0 Å². The lowest BCUT2D eigenvalue weighted by Crippen LogP contribution is -2.36. The minimum Gasteiger partial charge on any atom is -0.399 e. The van der Waals surface area contributed by atoms with Crippen molar-refractivity contribution in [1.82, 2.24) is 9.80 Å². The lowest BCUT2D eigenvalue weighted by molar-refractivity contribution is -0.684. The molecule has 0 radical (unpaired) electrons. The van der Waals surface area contributed by atoms with E-state index in [0.717, 1.165) is 12.8 Å². The molecule has 0 aliphatic rings. The summed E-state index contributed by atoms with van der Waals surface area (Å²) in [4.78, 5) is 29.7. The topological polar surface area (TPSA) is 150 Å². The van der Waals surface area contributed by atoms with E-state index in [1.165, 1.54) is 0 Å². The molecule has 0 spiro atoms. The van der Waals surface area contributed by atoms with Gasteiger partial charge in [0.05, 0.1) is 35.7 Å². The molecule has 0 aliphatic carbocycles. The Bertz CT molecular complexity index is 1800. The molecular weight excluding hydrogens is 628 g/mol. The summed E-state index contributed by atoms with van der Waals surface area (Å²) in [6.07, 6.45) is 5.33. The highest BCUT2D eigenvalue weighted by atomic mass is 16.2. The SMILES string of the molecule is CN(CCC[n+]1ccccc1N=Nc1ccc(N)cc1)C(=O)c1ccc(C(=O)N(C)CCC[n+]2ccccc2/N=N/c2ccc(N)cc2)cc1. The van der Waals surface area contributed by atoms with Crippen molar-refractivity contribution in [2.45, 2.75) is 25.9 Å². The first-order valence-electron chi connectivity index (χ1n) is 16.4. The van der Waals surface area contributed by atoms with E-state index in [2.05, 4.69) is 20.5 Å². The van der Waals surface area contributed by atoms with Gasteiger partial charge in [-0.1, -0.05) is 12.1 Å². The number of hydrogen-bond acceptors (Lipinski definition) is 8. The number of carbonyl (C=O) groups is 2. The number of benzene rings is 3. The summed E-state index contributed by atoms with van der Waals surface area (Å²) in [6.45, 7) is 2.41. The number of azo groups is 2. The molecule has 12 heteroatoms. The van der Waals surface area contributed by atoms with Gasteiger partial charge in [0, 0.05) is 74.7 Å². The van der Waals surface area contributed by atoms with Gasteiger partial charge in [-0.2, -0.15) is 0 Å². The molecular formula is C38H42N10O2+2. The number of aromatic nitrogens is 2. The fraction of sp³-hybridized carbons (Fsp3) is 0.211. The van der Waals surface area contributed by atoms with Gasteiger partial charge in [-0.3, -0.25) is 9.59 Å². The number of hydrogen-bond donors (Lipinski definition) is 2. The van der Waals surface area contributed by atoms with E-state index in [-0.39, 0.29) is 11.8 Å². The normalized spacial score (nSPS) is 11.2. The number of amides is 2. The van der Waals surface area contributed by atoms with Gasteiger partial charge in [-0.15, -0.1) is 0 Å². The lowest BCUT2D eigenvalue weighted by Gasteiger charge is -2.18. The van der Waals surface area contributed by atoms with Crippen LogP contribution < -0.4 is 20.6 Å². The van der Waals surface area contributed by atoms with Crippen LogP contribution in [0.25, 0.3) is 0 Å². The van der Waals surface area contributed by atoms with Crippen LogP contribution in [0.15, 0.2) is 142 Å². The van der Waals surface area contributed by atoms with E-state index in [9.17, 15) is 9.59 Å². The van der Waals surface area contributed by atoms with Crippen LogP contribution in [0.4, 0.5) is 34.4 Å². The van der Waals surface area contributed by atoms with E-state index in [0.29, 0.717) is 71.7 Å². The lowest BCUT2D eigenvalue weighted by atomic mass is 10.1. The average Bonchev–Trinajstić information content (AvgIpc) is 3.14. The fourth-order valence-electron chi connectivity index (χ4n) is 5.15. The number of rotatable bonds is 14. The third-order valence-corrected chi connectivity index (χ3v) is 8.01. The largest absolute Gasteiger partial charge is 0.399 e. The minimum atomic E-state index is -0.108. The molecule has 12 nitrogen and oxygen atoms in total. The number of aryl methyl sites for hydroxylation is 2. The second kappa shape index (κ2) is 17.2. The molecule has 5 rings (SSSR count). The Kier molecular flexibility index (Phi) is 12.0. The standard InChI is InChI=1S/C38H40N10O2/c1-45(23-7-27-47-25-5-3-9-35(47)43-41-33-19-15-31(39)16-20-33)37(49)29-11-13-30(14-12-29)38(50)46(2)24-8-28-48-26-6-4-10-36(48)44-42-34-21-17-32(40)18-22-34/h3-6,9-22,25-26,39-40H,7-8,23-24,27-28H2,1-2H3/p+2. The molecule has 2 amide bonds.